The molecule has 0 radical (unpaired) electrons. The molecule has 0 fully saturated rings. The van der Waals surface area contributed by atoms with E-state index in [2.05, 4.69) is 29.0 Å². The SMILES string of the molecule is COc1ccc(COCC#CC(O)c2ccncc2C[Se]c2ccccc2)cc1. The summed E-state index contributed by atoms with van der Waals surface area (Å²) in [6.07, 6.45) is 2.68. The Morgan fingerprint density at radius 3 is 2.62 bits per heavy atom. The van der Waals surface area contributed by atoms with Crippen molar-refractivity contribution < 1.29 is 14.6 Å². The van der Waals surface area contributed by atoms with Crippen LogP contribution in [0.4, 0.5) is 0 Å². The molecule has 1 heterocycles. The number of methoxy groups -OCH3 is 1. The predicted molar refractivity (Wildman–Crippen MR) is 115 cm³/mol. The second-order valence-corrected chi connectivity index (χ2v) is 8.44. The molecule has 0 spiro atoms. The first-order valence-corrected chi connectivity index (χ1v) is 11.3. The average molecular weight is 452 g/mol. The summed E-state index contributed by atoms with van der Waals surface area (Å²) >= 11 is 0.285. The first-order chi connectivity index (χ1) is 14.3. The van der Waals surface area contributed by atoms with E-state index in [0.717, 1.165) is 27.8 Å². The second kappa shape index (κ2) is 11.4. The van der Waals surface area contributed by atoms with Gasteiger partial charge < -0.3 is 4.74 Å². The molecule has 3 rings (SSSR count). The van der Waals surface area contributed by atoms with Crippen molar-refractivity contribution in [2.24, 2.45) is 0 Å². The van der Waals surface area contributed by atoms with Gasteiger partial charge in [-0.15, -0.1) is 0 Å². The van der Waals surface area contributed by atoms with Crippen LogP contribution < -0.4 is 9.20 Å². The summed E-state index contributed by atoms with van der Waals surface area (Å²) in [5.74, 6) is 6.61. The van der Waals surface area contributed by atoms with Crippen molar-refractivity contribution in [1.82, 2.24) is 4.98 Å². The third kappa shape index (κ3) is 6.74. The van der Waals surface area contributed by atoms with Crippen LogP contribution in [0.1, 0.15) is 22.8 Å². The Bertz CT molecular complexity index is 949. The Morgan fingerprint density at radius 2 is 1.86 bits per heavy atom. The molecule has 3 aromatic rings. The Balaban J connectivity index is 1.52. The van der Waals surface area contributed by atoms with Gasteiger partial charge in [-0.1, -0.05) is 0 Å². The fraction of sp³-hybridized carbons (Fsp3) is 0.208. The van der Waals surface area contributed by atoms with Crippen molar-refractivity contribution in [3.63, 3.8) is 0 Å². The van der Waals surface area contributed by atoms with Crippen molar-refractivity contribution in [3.8, 4) is 17.6 Å². The Kier molecular flexibility index (Phi) is 8.30. The van der Waals surface area contributed by atoms with Gasteiger partial charge in [-0.2, -0.15) is 0 Å². The number of hydrogen-bond acceptors (Lipinski definition) is 4. The summed E-state index contributed by atoms with van der Waals surface area (Å²) in [6.45, 7) is 0.729. The van der Waals surface area contributed by atoms with E-state index in [-0.39, 0.29) is 21.6 Å². The van der Waals surface area contributed by atoms with Crippen LogP contribution in [0.2, 0.25) is 0 Å². The number of aliphatic hydroxyl groups is 1. The summed E-state index contributed by atoms with van der Waals surface area (Å²) in [6, 6.07) is 19.9. The number of nitrogens with zero attached hydrogens (tertiary/aromatic N) is 1. The fourth-order valence-corrected chi connectivity index (χ4v) is 4.58. The van der Waals surface area contributed by atoms with E-state index in [1.165, 1.54) is 4.46 Å². The van der Waals surface area contributed by atoms with Crippen molar-refractivity contribution in [2.75, 3.05) is 13.7 Å². The molecule has 1 atom stereocenters. The fourth-order valence-electron chi connectivity index (χ4n) is 2.66. The van der Waals surface area contributed by atoms with Gasteiger partial charge in [0, 0.05) is 0 Å². The second-order valence-electron chi connectivity index (χ2n) is 6.24. The van der Waals surface area contributed by atoms with E-state index >= 15 is 0 Å². The number of pyridine rings is 1. The predicted octanol–water partition coefficient (Wildman–Crippen LogP) is 2.87. The first-order valence-electron chi connectivity index (χ1n) is 9.24. The number of aromatic nitrogens is 1. The summed E-state index contributed by atoms with van der Waals surface area (Å²) in [4.78, 5) is 4.21. The maximum atomic E-state index is 10.5. The van der Waals surface area contributed by atoms with Crippen LogP contribution >= 0.6 is 0 Å². The van der Waals surface area contributed by atoms with E-state index < -0.39 is 6.10 Å². The molecule has 0 amide bonds. The summed E-state index contributed by atoms with van der Waals surface area (Å²) in [7, 11) is 1.64. The minimum atomic E-state index is -0.843. The Hall–Kier alpha value is -2.61. The molecule has 29 heavy (non-hydrogen) atoms. The van der Waals surface area contributed by atoms with Gasteiger partial charge in [-0.25, -0.2) is 0 Å². The number of hydrogen-bond donors (Lipinski definition) is 1. The molecular formula is C24H23NO3Se. The van der Waals surface area contributed by atoms with Gasteiger partial charge in [0.1, 0.15) is 5.75 Å². The Morgan fingerprint density at radius 1 is 1.07 bits per heavy atom. The number of aliphatic hydroxyl groups excluding tert-OH is 1. The maximum absolute atomic E-state index is 10.5. The molecule has 0 aliphatic rings. The van der Waals surface area contributed by atoms with Crippen molar-refractivity contribution >= 4 is 19.4 Å². The summed E-state index contributed by atoms with van der Waals surface area (Å²) < 4.78 is 12.0. The zero-order valence-electron chi connectivity index (χ0n) is 16.2. The van der Waals surface area contributed by atoms with Crippen LogP contribution in [-0.2, 0) is 16.7 Å². The molecule has 0 aliphatic carbocycles. The molecule has 0 bridgehead atoms. The third-order valence-corrected chi connectivity index (χ3v) is 6.44. The monoisotopic (exact) mass is 453 g/mol. The molecule has 5 heteroatoms. The molecule has 1 unspecified atom stereocenters. The first kappa shape index (κ1) is 21.1. The summed E-state index contributed by atoms with van der Waals surface area (Å²) in [5.41, 5.74) is 2.91. The topological polar surface area (TPSA) is 51.6 Å². The van der Waals surface area contributed by atoms with Gasteiger partial charge in [0.25, 0.3) is 0 Å². The van der Waals surface area contributed by atoms with Crippen molar-refractivity contribution in [3.05, 3.63) is 89.7 Å². The molecule has 2 aromatic carbocycles. The molecule has 0 aliphatic heterocycles. The molecule has 1 aromatic heterocycles. The molecule has 0 saturated heterocycles. The summed E-state index contributed by atoms with van der Waals surface area (Å²) in [5, 5.41) is 11.4. The van der Waals surface area contributed by atoms with E-state index in [4.69, 9.17) is 9.47 Å². The zero-order valence-corrected chi connectivity index (χ0v) is 18.0. The van der Waals surface area contributed by atoms with Crippen LogP contribution in [0.15, 0.2) is 73.1 Å². The van der Waals surface area contributed by atoms with Gasteiger partial charge in [-0.05, 0) is 0 Å². The Labute approximate surface area is 178 Å². The molecule has 4 nitrogen and oxygen atoms in total. The van der Waals surface area contributed by atoms with Gasteiger partial charge in [-0.3, -0.25) is 0 Å². The number of benzene rings is 2. The molecule has 1 N–H and O–H groups in total. The van der Waals surface area contributed by atoms with Gasteiger partial charge in [0.05, 0.1) is 7.11 Å². The van der Waals surface area contributed by atoms with Gasteiger partial charge in [0.15, 0.2) is 0 Å². The quantitative estimate of drug-likeness (QED) is 0.325. The zero-order chi connectivity index (χ0) is 20.3. The molecule has 0 saturated carbocycles. The third-order valence-electron chi connectivity index (χ3n) is 4.21. The van der Waals surface area contributed by atoms with Crippen LogP contribution in [0.25, 0.3) is 0 Å². The number of ether oxygens (including phenoxy) is 2. The van der Waals surface area contributed by atoms with Gasteiger partial charge >= 0.3 is 160 Å². The van der Waals surface area contributed by atoms with E-state index in [0.29, 0.717) is 6.61 Å². The van der Waals surface area contributed by atoms with Crippen molar-refractivity contribution in [1.29, 1.82) is 0 Å². The van der Waals surface area contributed by atoms with Crippen LogP contribution in [0, 0.1) is 11.8 Å². The van der Waals surface area contributed by atoms with Crippen LogP contribution in [0.5, 0.6) is 5.75 Å². The van der Waals surface area contributed by atoms with E-state index in [1.807, 2.05) is 54.7 Å². The van der Waals surface area contributed by atoms with Crippen LogP contribution in [-0.4, -0.2) is 38.8 Å². The molecular weight excluding hydrogens is 429 g/mol. The van der Waals surface area contributed by atoms with Gasteiger partial charge in [0.2, 0.25) is 0 Å². The standard InChI is InChI=1S/C24H23NO3Se/c1-27-21-11-9-19(10-12-21)17-28-15-5-8-24(26)23-13-14-25-16-20(23)18-29-22-6-3-2-4-7-22/h2-4,6-7,9-14,16,24,26H,15,17-18H2,1H3. The van der Waals surface area contributed by atoms with E-state index in [1.54, 1.807) is 13.3 Å². The minimum absolute atomic E-state index is 0.261. The van der Waals surface area contributed by atoms with Crippen molar-refractivity contribution in [2.45, 2.75) is 18.0 Å². The van der Waals surface area contributed by atoms with E-state index in [9.17, 15) is 5.11 Å². The molecule has 148 valence electrons. The number of rotatable bonds is 8. The average Bonchev–Trinajstić information content (AvgIpc) is 2.78. The normalized spacial score (nSPS) is 11.4. The van der Waals surface area contributed by atoms with Crippen LogP contribution in [0.3, 0.4) is 0 Å².